The molecule has 3 nitrogen and oxygen atoms in total. The molecule has 16 heavy (non-hydrogen) atoms. The average Bonchev–Trinajstić information content (AvgIpc) is 2.21. The van der Waals surface area contributed by atoms with Gasteiger partial charge in [-0.05, 0) is 29.9 Å². The van der Waals surface area contributed by atoms with Crippen molar-refractivity contribution in [2.24, 2.45) is 5.73 Å². The fourth-order valence-electron chi connectivity index (χ4n) is 1.23. The van der Waals surface area contributed by atoms with Crippen molar-refractivity contribution in [3.8, 4) is 0 Å². The number of thioether (sulfide) groups is 1. The Hall–Kier alpha value is -0.710. The predicted molar refractivity (Wildman–Crippen MR) is 69.4 cm³/mol. The summed E-state index contributed by atoms with van der Waals surface area (Å²) in [5, 5.41) is 8.65. The fraction of sp³-hybridized carbons (Fsp3) is 0.364. The highest BCUT2D eigenvalue weighted by Gasteiger charge is 2.11. The molecule has 0 heterocycles. The van der Waals surface area contributed by atoms with Crippen molar-refractivity contribution in [2.45, 2.75) is 24.3 Å². The average molecular weight is 262 g/mol. The van der Waals surface area contributed by atoms with Crippen LogP contribution in [0.15, 0.2) is 29.2 Å². The maximum absolute atomic E-state index is 10.5. The van der Waals surface area contributed by atoms with Gasteiger partial charge < -0.3 is 10.8 Å². The summed E-state index contributed by atoms with van der Waals surface area (Å²) in [7, 11) is 0. The minimum atomic E-state index is -0.956. The molecule has 0 aliphatic heterocycles. The molecule has 1 aromatic rings. The Morgan fingerprint density at radius 1 is 1.44 bits per heavy atom. The summed E-state index contributed by atoms with van der Waals surface area (Å²) < 4.78 is 0. The van der Waals surface area contributed by atoms with Crippen LogP contribution < -0.4 is 5.73 Å². The lowest BCUT2D eigenvalue weighted by Crippen LogP contribution is -2.32. The molecular formula is C11H16ClNO2S. The molecule has 0 aromatic heterocycles. The van der Waals surface area contributed by atoms with Gasteiger partial charge in [0.25, 0.3) is 0 Å². The van der Waals surface area contributed by atoms with Crippen LogP contribution >= 0.6 is 24.2 Å². The first kappa shape index (κ1) is 15.3. The van der Waals surface area contributed by atoms with Crippen LogP contribution in [0.2, 0.25) is 0 Å². The first-order chi connectivity index (χ1) is 7.13. The molecule has 0 aliphatic carbocycles. The van der Waals surface area contributed by atoms with Gasteiger partial charge in [0.15, 0.2) is 0 Å². The molecule has 0 aliphatic rings. The number of carboxylic acid groups (broad SMARTS) is 1. The van der Waals surface area contributed by atoms with Crippen molar-refractivity contribution < 1.29 is 9.90 Å². The Labute approximate surface area is 106 Å². The molecule has 5 heteroatoms. The summed E-state index contributed by atoms with van der Waals surface area (Å²) in [4.78, 5) is 11.7. The lowest BCUT2D eigenvalue weighted by Gasteiger charge is -2.06. The van der Waals surface area contributed by atoms with Gasteiger partial charge in [-0.25, -0.2) is 0 Å². The highest BCUT2D eigenvalue weighted by molar-refractivity contribution is 7.99. The number of benzene rings is 1. The third-order valence-electron chi connectivity index (χ3n) is 2.01. The summed E-state index contributed by atoms with van der Waals surface area (Å²) in [5.74, 6) is 0.0792. The SMILES string of the molecule is CCSc1ccc(C[C@H](N)C(=O)O)cc1.Cl. The summed E-state index contributed by atoms with van der Waals surface area (Å²) in [5.41, 5.74) is 6.40. The summed E-state index contributed by atoms with van der Waals surface area (Å²) in [6, 6.07) is 7.05. The van der Waals surface area contributed by atoms with Crippen molar-refractivity contribution >= 4 is 30.1 Å². The summed E-state index contributed by atoms with van der Waals surface area (Å²) in [6.45, 7) is 2.10. The van der Waals surface area contributed by atoms with Gasteiger partial charge in [0.2, 0.25) is 0 Å². The quantitative estimate of drug-likeness (QED) is 0.798. The van der Waals surface area contributed by atoms with Gasteiger partial charge in [0, 0.05) is 4.90 Å². The molecule has 0 radical (unpaired) electrons. The molecule has 0 fully saturated rings. The lowest BCUT2D eigenvalue weighted by atomic mass is 10.1. The van der Waals surface area contributed by atoms with E-state index in [9.17, 15) is 4.79 Å². The van der Waals surface area contributed by atoms with Crippen LogP contribution in [-0.2, 0) is 11.2 Å². The minimum absolute atomic E-state index is 0. The van der Waals surface area contributed by atoms with Crippen LogP contribution in [0.4, 0.5) is 0 Å². The van der Waals surface area contributed by atoms with Crippen LogP contribution in [0.25, 0.3) is 0 Å². The van der Waals surface area contributed by atoms with Crippen molar-refractivity contribution in [1.82, 2.24) is 0 Å². The van der Waals surface area contributed by atoms with Gasteiger partial charge >= 0.3 is 5.97 Å². The third kappa shape index (κ3) is 4.88. The second-order valence-corrected chi connectivity index (χ2v) is 4.56. The van der Waals surface area contributed by atoms with Crippen LogP contribution in [0, 0.1) is 0 Å². The minimum Gasteiger partial charge on any atom is -0.480 e. The monoisotopic (exact) mass is 261 g/mol. The molecule has 0 saturated heterocycles. The van der Waals surface area contributed by atoms with Gasteiger partial charge in [0.1, 0.15) is 6.04 Å². The number of rotatable bonds is 5. The van der Waals surface area contributed by atoms with E-state index < -0.39 is 12.0 Å². The van der Waals surface area contributed by atoms with Gasteiger partial charge in [0.05, 0.1) is 0 Å². The van der Waals surface area contributed by atoms with E-state index in [1.54, 1.807) is 11.8 Å². The first-order valence-electron chi connectivity index (χ1n) is 4.83. The Morgan fingerprint density at radius 3 is 2.44 bits per heavy atom. The molecule has 0 saturated carbocycles. The van der Waals surface area contributed by atoms with Gasteiger partial charge in [-0.3, -0.25) is 4.79 Å². The predicted octanol–water partition coefficient (Wildman–Crippen LogP) is 2.17. The molecule has 0 spiro atoms. The molecule has 1 atom stereocenters. The van der Waals surface area contributed by atoms with E-state index in [2.05, 4.69) is 6.92 Å². The normalized spacial score (nSPS) is 11.6. The second kappa shape index (κ2) is 7.54. The second-order valence-electron chi connectivity index (χ2n) is 3.23. The van der Waals surface area contributed by atoms with Crippen LogP contribution in [-0.4, -0.2) is 22.9 Å². The van der Waals surface area contributed by atoms with Crippen molar-refractivity contribution in [1.29, 1.82) is 0 Å². The molecule has 1 aromatic carbocycles. The van der Waals surface area contributed by atoms with E-state index in [0.717, 1.165) is 11.3 Å². The van der Waals surface area contributed by atoms with E-state index in [4.69, 9.17) is 10.8 Å². The summed E-state index contributed by atoms with van der Waals surface area (Å²) in [6.07, 6.45) is 0.381. The highest BCUT2D eigenvalue weighted by atomic mass is 35.5. The zero-order chi connectivity index (χ0) is 11.3. The number of halogens is 1. The fourth-order valence-corrected chi connectivity index (χ4v) is 1.89. The van der Waals surface area contributed by atoms with Crippen LogP contribution in [0.3, 0.4) is 0 Å². The maximum Gasteiger partial charge on any atom is 0.320 e. The number of carboxylic acids is 1. The largest absolute Gasteiger partial charge is 0.480 e. The van der Waals surface area contributed by atoms with Gasteiger partial charge in [-0.15, -0.1) is 24.2 Å². The van der Waals surface area contributed by atoms with E-state index in [0.29, 0.717) is 6.42 Å². The van der Waals surface area contributed by atoms with E-state index >= 15 is 0 Å². The standard InChI is InChI=1S/C11H15NO2S.ClH/c1-2-15-9-5-3-8(4-6-9)7-10(12)11(13)14;/h3-6,10H,2,7,12H2,1H3,(H,13,14);1H/t10-;/m0./s1. The smallest absolute Gasteiger partial charge is 0.320 e. The van der Waals surface area contributed by atoms with E-state index in [1.165, 1.54) is 4.90 Å². The third-order valence-corrected chi connectivity index (χ3v) is 2.90. The number of carbonyl (C=O) groups is 1. The van der Waals surface area contributed by atoms with Crippen LogP contribution in [0.5, 0.6) is 0 Å². The summed E-state index contributed by atoms with van der Waals surface area (Å²) >= 11 is 1.76. The van der Waals surface area contributed by atoms with Crippen molar-refractivity contribution in [2.75, 3.05) is 5.75 Å². The number of aliphatic carboxylic acids is 1. The Bertz CT molecular complexity index is 329. The molecule has 3 N–H and O–H groups in total. The van der Waals surface area contributed by atoms with E-state index in [1.807, 2.05) is 24.3 Å². The molecule has 1 rings (SSSR count). The zero-order valence-electron chi connectivity index (χ0n) is 9.05. The van der Waals surface area contributed by atoms with Gasteiger partial charge in [-0.1, -0.05) is 19.1 Å². The maximum atomic E-state index is 10.5. The highest BCUT2D eigenvalue weighted by Crippen LogP contribution is 2.18. The molecule has 0 unspecified atom stereocenters. The molecule has 90 valence electrons. The Balaban J connectivity index is 0.00000225. The van der Waals surface area contributed by atoms with Gasteiger partial charge in [-0.2, -0.15) is 0 Å². The van der Waals surface area contributed by atoms with Crippen LogP contribution in [0.1, 0.15) is 12.5 Å². The molecular weight excluding hydrogens is 246 g/mol. The number of nitrogens with two attached hydrogens (primary N) is 1. The number of hydrogen-bond acceptors (Lipinski definition) is 3. The Kier molecular flexibility index (Phi) is 7.21. The Morgan fingerprint density at radius 2 is 2.00 bits per heavy atom. The van der Waals surface area contributed by atoms with Crippen molar-refractivity contribution in [3.63, 3.8) is 0 Å². The molecule has 0 bridgehead atoms. The first-order valence-corrected chi connectivity index (χ1v) is 5.82. The van der Waals surface area contributed by atoms with Crippen molar-refractivity contribution in [3.05, 3.63) is 29.8 Å². The number of hydrogen-bond donors (Lipinski definition) is 2. The zero-order valence-corrected chi connectivity index (χ0v) is 10.7. The molecule has 0 amide bonds. The lowest BCUT2D eigenvalue weighted by molar-refractivity contribution is -0.138. The topological polar surface area (TPSA) is 63.3 Å². The van der Waals surface area contributed by atoms with E-state index in [-0.39, 0.29) is 12.4 Å².